The zero-order valence-electron chi connectivity index (χ0n) is 24.0. The molecule has 5 N–H and O–H groups in total. The third kappa shape index (κ3) is 4.00. The Balaban J connectivity index is 1.25. The molecule has 5 fully saturated rings. The summed E-state index contributed by atoms with van der Waals surface area (Å²) in [5, 5.41) is 57.0. The summed E-state index contributed by atoms with van der Waals surface area (Å²) >= 11 is 0. The molecule has 6 rings (SSSR count). The second-order valence-electron chi connectivity index (χ2n) is 13.7. The van der Waals surface area contributed by atoms with E-state index >= 15 is 0 Å². The van der Waals surface area contributed by atoms with Crippen molar-refractivity contribution in [1.82, 2.24) is 0 Å². The maximum absolute atomic E-state index is 13.1. The van der Waals surface area contributed by atoms with Crippen LogP contribution in [-0.4, -0.2) is 106 Å². The monoisotopic (exact) mass is 580 g/mol. The first-order valence-corrected chi connectivity index (χ1v) is 15.0. The molecule has 0 amide bonds. The lowest BCUT2D eigenvalue weighted by Crippen LogP contribution is -2.71. The highest BCUT2D eigenvalue weighted by atomic mass is 16.7. The van der Waals surface area contributed by atoms with Crippen molar-refractivity contribution in [2.45, 2.75) is 119 Å². The fourth-order valence-corrected chi connectivity index (χ4v) is 9.98. The van der Waals surface area contributed by atoms with Crippen LogP contribution in [0.1, 0.15) is 65.2 Å². The van der Waals surface area contributed by atoms with Crippen LogP contribution in [0.3, 0.4) is 0 Å². The minimum absolute atomic E-state index is 0.152. The predicted octanol–water partition coefficient (Wildman–Crippen LogP) is 0.375. The Morgan fingerprint density at radius 1 is 1.05 bits per heavy atom. The van der Waals surface area contributed by atoms with Gasteiger partial charge in [0, 0.05) is 25.0 Å². The van der Waals surface area contributed by atoms with E-state index in [1.54, 1.807) is 6.92 Å². The Morgan fingerprint density at radius 2 is 1.80 bits per heavy atom. The molecule has 4 saturated carbocycles. The Bertz CT molecular complexity index is 1100. The van der Waals surface area contributed by atoms with Gasteiger partial charge >= 0.3 is 5.97 Å². The van der Waals surface area contributed by atoms with Crippen molar-refractivity contribution in [3.63, 3.8) is 0 Å². The standard InChI is InChI=1S/C30H44O11/c1-15-23(34)24(35)25(38-3)26(40-15)41-17-4-7-28(14-31)20-11-21(32)27(2)18(16-10-22(33)39-13-16)6-9-30(27,37)19(20)5-8-29(28,36)12-17/h10,14-15,17-21,23-26,32,34-37H,4-9,11-13H2,1-3H3/t15-,17+,18-,19-,20+,21-,23-,24+,25-,26+,27+,28+,29+,30+/m1/s1. The number of aldehydes is 1. The van der Waals surface area contributed by atoms with Gasteiger partial charge in [-0.1, -0.05) is 6.92 Å². The highest BCUT2D eigenvalue weighted by Crippen LogP contribution is 2.70. The van der Waals surface area contributed by atoms with Crippen LogP contribution in [-0.2, 0) is 28.5 Å². The third-order valence-electron chi connectivity index (χ3n) is 12.3. The Labute approximate surface area is 239 Å². The molecule has 1 saturated heterocycles. The number of hydrogen-bond donors (Lipinski definition) is 5. The number of carbonyl (C=O) groups excluding carboxylic acids is 2. The highest BCUT2D eigenvalue weighted by Gasteiger charge is 2.74. The average Bonchev–Trinajstić information content (AvgIpc) is 3.48. The molecule has 0 spiro atoms. The fourth-order valence-electron chi connectivity index (χ4n) is 9.98. The largest absolute Gasteiger partial charge is 0.458 e. The van der Waals surface area contributed by atoms with Gasteiger partial charge in [0.15, 0.2) is 6.29 Å². The van der Waals surface area contributed by atoms with Crippen LogP contribution in [0.2, 0.25) is 0 Å². The normalized spacial score (nSPS) is 54.9. The Morgan fingerprint density at radius 3 is 2.46 bits per heavy atom. The van der Waals surface area contributed by atoms with E-state index in [4.69, 9.17) is 18.9 Å². The number of aliphatic hydroxyl groups is 5. The molecule has 0 aromatic rings. The number of cyclic esters (lactones) is 1. The number of methoxy groups -OCH3 is 1. The maximum atomic E-state index is 13.1. The van der Waals surface area contributed by atoms with Crippen molar-refractivity contribution in [1.29, 1.82) is 0 Å². The molecule has 11 heteroatoms. The van der Waals surface area contributed by atoms with Crippen LogP contribution in [0.4, 0.5) is 0 Å². The summed E-state index contributed by atoms with van der Waals surface area (Å²) in [5.74, 6) is -1.36. The number of aliphatic hydroxyl groups excluding tert-OH is 3. The van der Waals surface area contributed by atoms with Crippen LogP contribution in [0, 0.1) is 28.6 Å². The zero-order chi connectivity index (χ0) is 29.5. The van der Waals surface area contributed by atoms with Gasteiger partial charge in [0.1, 0.15) is 31.2 Å². The van der Waals surface area contributed by atoms with Gasteiger partial charge in [-0.15, -0.1) is 0 Å². The van der Waals surface area contributed by atoms with Crippen LogP contribution >= 0.6 is 0 Å². The number of ether oxygens (including phenoxy) is 4. The van der Waals surface area contributed by atoms with Crippen LogP contribution in [0.5, 0.6) is 0 Å². The summed E-state index contributed by atoms with van der Waals surface area (Å²) in [6.45, 7) is 3.70. The molecule has 0 aromatic carbocycles. The molecule has 2 aliphatic heterocycles. The first-order valence-electron chi connectivity index (χ1n) is 15.0. The number of esters is 1. The van der Waals surface area contributed by atoms with E-state index in [1.807, 2.05) is 6.92 Å². The van der Waals surface area contributed by atoms with Crippen molar-refractivity contribution in [2.24, 2.45) is 28.6 Å². The van der Waals surface area contributed by atoms with E-state index in [1.165, 1.54) is 13.2 Å². The Kier molecular flexibility index (Phi) is 7.26. The molecule has 14 atom stereocenters. The second-order valence-corrected chi connectivity index (χ2v) is 13.7. The van der Waals surface area contributed by atoms with Crippen molar-refractivity contribution < 1.29 is 54.1 Å². The lowest BCUT2D eigenvalue weighted by Gasteiger charge is -2.66. The van der Waals surface area contributed by atoms with Gasteiger partial charge in [-0.3, -0.25) is 0 Å². The molecule has 6 aliphatic rings. The molecule has 0 radical (unpaired) electrons. The van der Waals surface area contributed by atoms with E-state index in [0.29, 0.717) is 32.1 Å². The Hall–Kier alpha value is -1.44. The topological polar surface area (TPSA) is 172 Å². The smallest absolute Gasteiger partial charge is 0.331 e. The number of fused-ring (bicyclic) bond motifs is 5. The number of carbonyl (C=O) groups is 2. The lowest BCUT2D eigenvalue weighted by molar-refractivity contribution is -0.322. The van der Waals surface area contributed by atoms with E-state index in [9.17, 15) is 35.1 Å². The first-order chi connectivity index (χ1) is 19.3. The third-order valence-corrected chi connectivity index (χ3v) is 12.3. The summed E-state index contributed by atoms with van der Waals surface area (Å²) in [4.78, 5) is 24.9. The number of hydrogen-bond acceptors (Lipinski definition) is 11. The minimum atomic E-state index is -1.42. The summed E-state index contributed by atoms with van der Waals surface area (Å²) in [7, 11) is 1.40. The summed E-state index contributed by atoms with van der Waals surface area (Å²) in [6.07, 6.45) is -1.06. The van der Waals surface area contributed by atoms with Crippen molar-refractivity contribution in [3.05, 3.63) is 11.6 Å². The van der Waals surface area contributed by atoms with Gasteiger partial charge in [0.25, 0.3) is 0 Å². The minimum Gasteiger partial charge on any atom is -0.458 e. The van der Waals surface area contributed by atoms with Gasteiger partial charge in [0.2, 0.25) is 0 Å². The molecule has 2 heterocycles. The van der Waals surface area contributed by atoms with Gasteiger partial charge in [-0.2, -0.15) is 0 Å². The molecular weight excluding hydrogens is 536 g/mol. The van der Waals surface area contributed by atoms with Gasteiger partial charge < -0.3 is 49.3 Å². The summed E-state index contributed by atoms with van der Waals surface area (Å²) in [6, 6.07) is 0. The molecule has 230 valence electrons. The van der Waals surface area contributed by atoms with E-state index in [0.717, 1.165) is 11.9 Å². The zero-order valence-corrected chi connectivity index (χ0v) is 24.0. The summed E-state index contributed by atoms with van der Waals surface area (Å²) in [5.41, 5.74) is -3.98. The fraction of sp³-hybridized carbons (Fsp3) is 0.867. The molecular formula is C30H44O11. The van der Waals surface area contributed by atoms with Gasteiger partial charge in [-0.05, 0) is 75.2 Å². The lowest BCUT2D eigenvalue weighted by atomic mass is 9.41. The SMILES string of the molecule is CO[C@H]1[C@H](O[C@H]2CC[C@]3(C=O)[C@H]4C[C@@H](O)[C@]5(C)[C@@H](C6=CC(=O)OC6)CC[C@]5(O)[C@@H]4CC[C@]3(O)C2)O[C@H](C)[C@@H](O)[C@@H]1O. The number of rotatable bonds is 5. The van der Waals surface area contributed by atoms with Crippen LogP contribution in [0.25, 0.3) is 0 Å². The van der Waals surface area contributed by atoms with Crippen molar-refractivity contribution >= 4 is 12.3 Å². The second kappa shape index (κ2) is 10.1. The first kappa shape index (κ1) is 29.6. The predicted molar refractivity (Wildman–Crippen MR) is 141 cm³/mol. The molecule has 41 heavy (non-hydrogen) atoms. The molecule has 0 bridgehead atoms. The quantitative estimate of drug-likeness (QED) is 0.173. The maximum Gasteiger partial charge on any atom is 0.331 e. The highest BCUT2D eigenvalue weighted by molar-refractivity contribution is 5.85. The van der Waals surface area contributed by atoms with Gasteiger partial charge in [0.05, 0.1) is 34.9 Å². The summed E-state index contributed by atoms with van der Waals surface area (Å²) < 4.78 is 22.6. The average molecular weight is 581 g/mol. The molecule has 4 aliphatic carbocycles. The molecule has 11 nitrogen and oxygen atoms in total. The van der Waals surface area contributed by atoms with Crippen molar-refractivity contribution in [2.75, 3.05) is 13.7 Å². The molecule has 0 unspecified atom stereocenters. The van der Waals surface area contributed by atoms with E-state index in [2.05, 4.69) is 0 Å². The van der Waals surface area contributed by atoms with E-state index in [-0.39, 0.29) is 37.7 Å². The van der Waals surface area contributed by atoms with Gasteiger partial charge in [-0.25, -0.2) is 4.79 Å². The van der Waals surface area contributed by atoms with Crippen molar-refractivity contribution in [3.8, 4) is 0 Å². The molecule has 0 aromatic heterocycles. The van der Waals surface area contributed by atoms with Crippen LogP contribution in [0.15, 0.2) is 11.6 Å². The van der Waals surface area contributed by atoms with E-state index < -0.39 is 76.8 Å². The van der Waals surface area contributed by atoms with Crippen LogP contribution < -0.4 is 0 Å².